The van der Waals surface area contributed by atoms with Crippen molar-refractivity contribution in [3.05, 3.63) is 34.4 Å². The lowest BCUT2D eigenvalue weighted by molar-refractivity contribution is -0.384. The average Bonchev–Trinajstić information content (AvgIpc) is 3.01. The third kappa shape index (κ3) is 2.87. The van der Waals surface area contributed by atoms with E-state index < -0.39 is 0 Å². The van der Waals surface area contributed by atoms with Crippen molar-refractivity contribution >= 4 is 11.4 Å². The molecular weight excluding hydrogens is 270 g/mol. The van der Waals surface area contributed by atoms with Gasteiger partial charge < -0.3 is 9.64 Å². The molecule has 0 aliphatic carbocycles. The van der Waals surface area contributed by atoms with Crippen molar-refractivity contribution in [1.82, 2.24) is 4.90 Å². The molecule has 0 spiro atoms. The highest BCUT2D eigenvalue weighted by Crippen LogP contribution is 2.31. The highest BCUT2D eigenvalue weighted by molar-refractivity contribution is 5.63. The quantitative estimate of drug-likeness (QED) is 0.629. The largest absolute Gasteiger partial charge is 0.380 e. The fourth-order valence-corrected chi connectivity index (χ4v) is 3.35. The number of hydrogen-bond donors (Lipinski definition) is 0. The summed E-state index contributed by atoms with van der Waals surface area (Å²) >= 11 is 0. The maximum atomic E-state index is 11.2. The minimum atomic E-state index is -0.292. The van der Waals surface area contributed by atoms with Gasteiger partial charge in [0.25, 0.3) is 5.69 Å². The zero-order chi connectivity index (χ0) is 14.8. The molecule has 2 atom stereocenters. The van der Waals surface area contributed by atoms with Gasteiger partial charge in [-0.3, -0.25) is 15.0 Å². The minimum absolute atomic E-state index is 0.196. The Morgan fingerprint density at radius 2 is 2.14 bits per heavy atom. The summed E-state index contributed by atoms with van der Waals surface area (Å²) in [7, 11) is 0. The SMILES string of the molecule is C[C@H]1CN(C2CCOC2)CCN1c1ccccc1[N+](=O)[O-]. The fraction of sp³-hybridized carbons (Fsp3) is 0.600. The third-order valence-electron chi connectivity index (χ3n) is 4.47. The molecule has 2 saturated heterocycles. The van der Waals surface area contributed by atoms with E-state index in [-0.39, 0.29) is 16.7 Å². The van der Waals surface area contributed by atoms with E-state index in [9.17, 15) is 10.1 Å². The van der Waals surface area contributed by atoms with Gasteiger partial charge in [-0.1, -0.05) is 12.1 Å². The predicted octanol–water partition coefficient (Wildman–Crippen LogP) is 1.89. The normalized spacial score (nSPS) is 27.0. The number of nitro groups is 1. The van der Waals surface area contributed by atoms with Crippen LogP contribution in [0.4, 0.5) is 11.4 Å². The molecule has 0 N–H and O–H groups in total. The number of hydrogen-bond acceptors (Lipinski definition) is 5. The summed E-state index contributed by atoms with van der Waals surface area (Å²) in [5.74, 6) is 0. The summed E-state index contributed by atoms with van der Waals surface area (Å²) in [4.78, 5) is 15.5. The van der Waals surface area contributed by atoms with E-state index in [1.165, 1.54) is 0 Å². The van der Waals surface area contributed by atoms with Gasteiger partial charge in [-0.2, -0.15) is 0 Å². The van der Waals surface area contributed by atoms with Gasteiger partial charge in [-0.25, -0.2) is 0 Å². The highest BCUT2D eigenvalue weighted by atomic mass is 16.6. The van der Waals surface area contributed by atoms with Crippen molar-refractivity contribution in [2.24, 2.45) is 0 Å². The van der Waals surface area contributed by atoms with Crippen LogP contribution in [-0.4, -0.2) is 54.8 Å². The van der Waals surface area contributed by atoms with Crippen molar-refractivity contribution in [2.45, 2.75) is 25.4 Å². The van der Waals surface area contributed by atoms with E-state index in [2.05, 4.69) is 16.7 Å². The van der Waals surface area contributed by atoms with E-state index in [1.807, 2.05) is 12.1 Å². The molecule has 1 unspecified atom stereocenters. The molecule has 2 aliphatic heterocycles. The van der Waals surface area contributed by atoms with Gasteiger partial charge in [-0.05, 0) is 19.4 Å². The van der Waals surface area contributed by atoms with Crippen LogP contribution < -0.4 is 4.90 Å². The maximum absolute atomic E-state index is 11.2. The monoisotopic (exact) mass is 291 g/mol. The molecule has 0 bridgehead atoms. The maximum Gasteiger partial charge on any atom is 0.292 e. The van der Waals surface area contributed by atoms with Gasteiger partial charge >= 0.3 is 0 Å². The van der Waals surface area contributed by atoms with Crippen LogP contribution >= 0.6 is 0 Å². The number of piperazine rings is 1. The summed E-state index contributed by atoms with van der Waals surface area (Å²) in [6.45, 7) is 6.49. The number of anilines is 1. The van der Waals surface area contributed by atoms with Crippen molar-refractivity contribution in [3.8, 4) is 0 Å². The highest BCUT2D eigenvalue weighted by Gasteiger charge is 2.32. The zero-order valence-electron chi connectivity index (χ0n) is 12.3. The minimum Gasteiger partial charge on any atom is -0.380 e. The Hall–Kier alpha value is -1.66. The summed E-state index contributed by atoms with van der Waals surface area (Å²) < 4.78 is 5.46. The van der Waals surface area contributed by atoms with E-state index in [4.69, 9.17) is 4.74 Å². The molecule has 0 amide bonds. The first kappa shape index (κ1) is 14.3. The first-order valence-corrected chi connectivity index (χ1v) is 7.48. The molecule has 2 fully saturated rings. The van der Waals surface area contributed by atoms with Crippen LogP contribution in [0, 0.1) is 10.1 Å². The molecule has 0 aromatic heterocycles. The van der Waals surface area contributed by atoms with Gasteiger partial charge in [0, 0.05) is 44.4 Å². The second-order valence-electron chi connectivity index (χ2n) is 5.80. The van der Waals surface area contributed by atoms with Gasteiger partial charge in [0.2, 0.25) is 0 Å². The second-order valence-corrected chi connectivity index (χ2v) is 5.80. The topological polar surface area (TPSA) is 58.8 Å². The fourth-order valence-electron chi connectivity index (χ4n) is 3.35. The van der Waals surface area contributed by atoms with Crippen LogP contribution in [-0.2, 0) is 4.74 Å². The molecule has 1 aromatic rings. The second kappa shape index (κ2) is 5.99. The van der Waals surface area contributed by atoms with Crippen LogP contribution in [0.15, 0.2) is 24.3 Å². The van der Waals surface area contributed by atoms with E-state index in [0.717, 1.165) is 45.0 Å². The number of para-hydroxylation sites is 2. The Bertz CT molecular complexity index is 517. The molecule has 0 radical (unpaired) electrons. The number of nitrogens with zero attached hydrogens (tertiary/aromatic N) is 3. The Morgan fingerprint density at radius 1 is 1.33 bits per heavy atom. The van der Waals surface area contributed by atoms with Crippen LogP contribution in [0.5, 0.6) is 0 Å². The average molecular weight is 291 g/mol. The van der Waals surface area contributed by atoms with Gasteiger partial charge in [0.15, 0.2) is 0 Å². The summed E-state index contributed by atoms with van der Waals surface area (Å²) in [5, 5.41) is 11.2. The van der Waals surface area contributed by atoms with Crippen molar-refractivity contribution in [2.75, 3.05) is 37.7 Å². The van der Waals surface area contributed by atoms with E-state index in [0.29, 0.717) is 6.04 Å². The first-order chi connectivity index (χ1) is 10.2. The van der Waals surface area contributed by atoms with Crippen molar-refractivity contribution < 1.29 is 9.66 Å². The molecule has 114 valence electrons. The number of rotatable bonds is 3. The molecule has 2 aliphatic rings. The van der Waals surface area contributed by atoms with Crippen LogP contribution in [0.2, 0.25) is 0 Å². The lowest BCUT2D eigenvalue weighted by Gasteiger charge is -2.43. The first-order valence-electron chi connectivity index (χ1n) is 7.48. The molecule has 6 nitrogen and oxygen atoms in total. The molecule has 21 heavy (non-hydrogen) atoms. The van der Waals surface area contributed by atoms with Crippen molar-refractivity contribution in [1.29, 1.82) is 0 Å². The third-order valence-corrected chi connectivity index (χ3v) is 4.47. The zero-order valence-corrected chi connectivity index (χ0v) is 12.3. The molecule has 3 rings (SSSR count). The van der Waals surface area contributed by atoms with Gasteiger partial charge in [0.1, 0.15) is 5.69 Å². The number of ether oxygens (including phenoxy) is 1. The van der Waals surface area contributed by atoms with E-state index >= 15 is 0 Å². The Balaban J connectivity index is 1.75. The number of benzene rings is 1. The number of nitro benzene ring substituents is 1. The molecule has 2 heterocycles. The molecule has 1 aromatic carbocycles. The lowest BCUT2D eigenvalue weighted by atomic mass is 10.1. The van der Waals surface area contributed by atoms with E-state index in [1.54, 1.807) is 12.1 Å². The Kier molecular flexibility index (Phi) is 4.07. The van der Waals surface area contributed by atoms with Crippen molar-refractivity contribution in [3.63, 3.8) is 0 Å². The van der Waals surface area contributed by atoms with Crippen LogP contribution in [0.1, 0.15) is 13.3 Å². The molecule has 6 heteroatoms. The standard InChI is InChI=1S/C15H21N3O3/c1-12-10-16(13-6-9-21-11-13)7-8-17(12)14-4-2-3-5-15(14)18(19)20/h2-5,12-13H,6-11H2,1H3/t12-,13?/m0/s1. The summed E-state index contributed by atoms with van der Waals surface area (Å²) in [5.41, 5.74) is 0.930. The lowest BCUT2D eigenvalue weighted by Crippen LogP contribution is -2.55. The predicted molar refractivity (Wildman–Crippen MR) is 80.7 cm³/mol. The summed E-state index contributed by atoms with van der Waals surface area (Å²) in [6, 6.07) is 7.80. The van der Waals surface area contributed by atoms with Gasteiger partial charge in [0.05, 0.1) is 11.5 Å². The van der Waals surface area contributed by atoms with Crippen LogP contribution in [0.3, 0.4) is 0 Å². The van der Waals surface area contributed by atoms with Crippen LogP contribution in [0.25, 0.3) is 0 Å². The van der Waals surface area contributed by atoms with Gasteiger partial charge in [-0.15, -0.1) is 0 Å². The Morgan fingerprint density at radius 3 is 2.81 bits per heavy atom. The molecular formula is C15H21N3O3. The smallest absolute Gasteiger partial charge is 0.292 e. The Labute approximate surface area is 124 Å². The molecule has 0 saturated carbocycles. The summed E-state index contributed by atoms with van der Waals surface area (Å²) in [6.07, 6.45) is 1.10.